The lowest BCUT2D eigenvalue weighted by Crippen LogP contribution is -2.05. The van der Waals surface area contributed by atoms with Gasteiger partial charge in [0.25, 0.3) is 0 Å². The third-order valence-corrected chi connectivity index (χ3v) is 6.15. The molecule has 0 spiro atoms. The molecule has 1 N–H and O–H groups in total. The molecule has 5 rings (SSSR count). The Balaban J connectivity index is 1.49. The van der Waals surface area contributed by atoms with Gasteiger partial charge in [0, 0.05) is 33.9 Å². The number of rotatable bonds is 7. The first-order valence-corrected chi connectivity index (χ1v) is 11.1. The maximum absolute atomic E-state index is 12.8. The Labute approximate surface area is 189 Å². The van der Waals surface area contributed by atoms with Gasteiger partial charge in [0.2, 0.25) is 0 Å². The van der Waals surface area contributed by atoms with Crippen LogP contribution in [-0.2, 0) is 0 Å². The molecule has 0 aliphatic heterocycles. The Bertz CT molecular complexity index is 1370. The number of aromatic nitrogens is 4. The zero-order chi connectivity index (χ0) is 21.9. The molecule has 2 heterocycles. The van der Waals surface area contributed by atoms with E-state index in [0.29, 0.717) is 10.7 Å². The second kappa shape index (κ2) is 8.72. The number of carbonyl (C=O) groups excluding carboxylic acids is 1. The van der Waals surface area contributed by atoms with Gasteiger partial charge in [-0.15, -0.1) is 10.2 Å². The zero-order valence-corrected chi connectivity index (χ0v) is 18.2. The fourth-order valence-corrected chi connectivity index (χ4v) is 4.44. The lowest BCUT2D eigenvalue weighted by Gasteiger charge is -2.10. The summed E-state index contributed by atoms with van der Waals surface area (Å²) in [5.74, 6) is 1.73. The monoisotopic (exact) mass is 440 g/mol. The summed E-state index contributed by atoms with van der Waals surface area (Å²) in [6, 6.07) is 25.2. The van der Waals surface area contributed by atoms with Gasteiger partial charge < -0.3 is 9.72 Å². The van der Waals surface area contributed by atoms with Gasteiger partial charge >= 0.3 is 0 Å². The number of Topliss-reactive ketones (excluding diaryl/α,β-unsaturated/α-hetero) is 1. The number of ether oxygens (including phenoxy) is 1. The van der Waals surface area contributed by atoms with Crippen molar-refractivity contribution in [1.82, 2.24) is 19.7 Å². The molecular formula is C25H20N4O2S. The largest absolute Gasteiger partial charge is 0.497 e. The molecule has 158 valence electrons. The van der Waals surface area contributed by atoms with E-state index < -0.39 is 0 Å². The van der Waals surface area contributed by atoms with Crippen molar-refractivity contribution in [3.63, 3.8) is 0 Å². The number of methoxy groups -OCH3 is 1. The molecule has 0 radical (unpaired) electrons. The smallest absolute Gasteiger partial charge is 0.196 e. The summed E-state index contributed by atoms with van der Waals surface area (Å²) in [7, 11) is 1.61. The third-order valence-electron chi connectivity index (χ3n) is 5.22. The van der Waals surface area contributed by atoms with Crippen LogP contribution in [0.5, 0.6) is 5.75 Å². The minimum absolute atomic E-state index is 0.0221. The van der Waals surface area contributed by atoms with Gasteiger partial charge in [-0.2, -0.15) is 0 Å². The van der Waals surface area contributed by atoms with E-state index >= 15 is 0 Å². The van der Waals surface area contributed by atoms with Gasteiger partial charge in [0.15, 0.2) is 16.8 Å². The number of carbonyl (C=O) groups is 1. The fraction of sp³-hybridized carbons (Fsp3) is 0.0800. The maximum Gasteiger partial charge on any atom is 0.196 e. The summed E-state index contributed by atoms with van der Waals surface area (Å²) in [6.07, 6.45) is 1.95. The first-order chi connectivity index (χ1) is 15.7. The van der Waals surface area contributed by atoms with Gasteiger partial charge in [-0.05, 0) is 42.5 Å². The van der Waals surface area contributed by atoms with Crippen molar-refractivity contribution in [2.75, 3.05) is 12.9 Å². The van der Waals surface area contributed by atoms with Crippen LogP contribution in [0.4, 0.5) is 0 Å². The van der Waals surface area contributed by atoms with Crippen LogP contribution in [0.2, 0.25) is 0 Å². The van der Waals surface area contributed by atoms with E-state index in [0.717, 1.165) is 33.7 Å². The molecule has 0 saturated heterocycles. The van der Waals surface area contributed by atoms with Crippen molar-refractivity contribution < 1.29 is 9.53 Å². The minimum atomic E-state index is 0.0221. The summed E-state index contributed by atoms with van der Waals surface area (Å²) >= 11 is 1.38. The number of ketones is 1. The zero-order valence-electron chi connectivity index (χ0n) is 17.4. The van der Waals surface area contributed by atoms with Gasteiger partial charge in [-0.1, -0.05) is 48.2 Å². The van der Waals surface area contributed by atoms with Gasteiger partial charge in [-0.3, -0.25) is 9.36 Å². The average Bonchev–Trinajstić information content (AvgIpc) is 3.47. The number of hydrogen-bond donors (Lipinski definition) is 1. The maximum atomic E-state index is 12.8. The molecule has 0 bridgehead atoms. The number of nitrogens with zero attached hydrogens (tertiary/aromatic N) is 3. The highest BCUT2D eigenvalue weighted by Gasteiger charge is 2.20. The summed E-state index contributed by atoms with van der Waals surface area (Å²) < 4.78 is 7.17. The first-order valence-electron chi connectivity index (χ1n) is 10.1. The van der Waals surface area contributed by atoms with Crippen LogP contribution in [0.25, 0.3) is 28.0 Å². The Hall–Kier alpha value is -3.84. The number of H-pyrrole nitrogens is 1. The molecular weight excluding hydrogens is 420 g/mol. The molecule has 0 aliphatic rings. The lowest BCUT2D eigenvalue weighted by atomic mass is 10.1. The summed E-state index contributed by atoms with van der Waals surface area (Å²) in [5.41, 5.74) is 3.58. The quantitative estimate of drug-likeness (QED) is 0.271. The number of hydrogen-bond acceptors (Lipinski definition) is 5. The van der Waals surface area contributed by atoms with E-state index in [1.54, 1.807) is 31.4 Å². The molecule has 0 amide bonds. The van der Waals surface area contributed by atoms with Gasteiger partial charge in [0.05, 0.1) is 12.9 Å². The van der Waals surface area contributed by atoms with Crippen LogP contribution in [0.1, 0.15) is 10.4 Å². The third kappa shape index (κ3) is 3.78. The SMILES string of the molecule is COc1ccc(C(=O)CSc2nnc(-c3c[nH]c4ccccc34)n2-c2ccccc2)cc1. The molecule has 7 heteroatoms. The summed E-state index contributed by atoms with van der Waals surface area (Å²) in [5, 5.41) is 10.7. The molecule has 2 aromatic heterocycles. The number of para-hydroxylation sites is 2. The molecule has 3 aromatic carbocycles. The highest BCUT2D eigenvalue weighted by Crippen LogP contribution is 2.32. The second-order valence-electron chi connectivity index (χ2n) is 7.17. The topological polar surface area (TPSA) is 72.8 Å². The summed E-state index contributed by atoms with van der Waals surface area (Å²) in [6.45, 7) is 0. The standard InChI is InChI=1S/C25H20N4O2S/c1-31-19-13-11-17(12-14-19)23(30)16-32-25-28-27-24(29(25)18-7-3-2-4-8-18)21-15-26-22-10-6-5-9-20(21)22/h2-15,26H,16H2,1H3. The van der Waals surface area contributed by atoms with Crippen LogP contribution < -0.4 is 4.74 Å². The van der Waals surface area contributed by atoms with Crippen LogP contribution in [0.3, 0.4) is 0 Å². The first kappa shape index (κ1) is 20.1. The second-order valence-corrected chi connectivity index (χ2v) is 8.11. The van der Waals surface area contributed by atoms with E-state index in [2.05, 4.69) is 21.2 Å². The Kier molecular flexibility index (Phi) is 5.47. The summed E-state index contributed by atoms with van der Waals surface area (Å²) in [4.78, 5) is 16.1. The van der Waals surface area contributed by atoms with E-state index in [-0.39, 0.29) is 11.5 Å². The molecule has 6 nitrogen and oxygen atoms in total. The Morgan fingerprint density at radius 1 is 0.969 bits per heavy atom. The van der Waals surface area contributed by atoms with E-state index in [1.807, 2.05) is 59.3 Å². The molecule has 0 aliphatic carbocycles. The van der Waals surface area contributed by atoms with Crippen LogP contribution in [0, 0.1) is 0 Å². The van der Waals surface area contributed by atoms with Crippen LogP contribution in [0.15, 0.2) is 90.2 Å². The van der Waals surface area contributed by atoms with Crippen LogP contribution in [-0.4, -0.2) is 38.4 Å². The van der Waals surface area contributed by atoms with E-state index in [4.69, 9.17) is 4.74 Å². The number of nitrogens with one attached hydrogen (secondary N) is 1. The highest BCUT2D eigenvalue weighted by molar-refractivity contribution is 7.99. The Morgan fingerprint density at radius 2 is 1.72 bits per heavy atom. The molecule has 5 aromatic rings. The molecule has 0 atom stereocenters. The van der Waals surface area contributed by atoms with Gasteiger partial charge in [-0.25, -0.2) is 0 Å². The van der Waals surface area contributed by atoms with Crippen molar-refractivity contribution >= 4 is 28.4 Å². The number of fused-ring (bicyclic) bond motifs is 1. The van der Waals surface area contributed by atoms with Crippen LogP contribution >= 0.6 is 11.8 Å². The fourth-order valence-electron chi connectivity index (χ4n) is 3.59. The number of benzene rings is 3. The van der Waals surface area contributed by atoms with E-state index in [9.17, 15) is 4.79 Å². The van der Waals surface area contributed by atoms with Crippen molar-refractivity contribution in [2.45, 2.75) is 5.16 Å². The number of thioether (sulfide) groups is 1. The molecule has 32 heavy (non-hydrogen) atoms. The highest BCUT2D eigenvalue weighted by atomic mass is 32.2. The normalized spacial score (nSPS) is 11.0. The molecule has 0 unspecified atom stereocenters. The van der Waals surface area contributed by atoms with Crippen molar-refractivity contribution in [3.05, 3.63) is 90.6 Å². The van der Waals surface area contributed by atoms with Crippen molar-refractivity contribution in [2.24, 2.45) is 0 Å². The predicted molar refractivity (Wildman–Crippen MR) is 127 cm³/mol. The average molecular weight is 441 g/mol. The minimum Gasteiger partial charge on any atom is -0.497 e. The predicted octanol–water partition coefficient (Wildman–Crippen LogP) is 5.40. The number of aromatic amines is 1. The van der Waals surface area contributed by atoms with Crippen molar-refractivity contribution in [1.29, 1.82) is 0 Å². The molecule has 0 saturated carbocycles. The molecule has 0 fully saturated rings. The lowest BCUT2D eigenvalue weighted by molar-refractivity contribution is 0.102. The van der Waals surface area contributed by atoms with Gasteiger partial charge in [0.1, 0.15) is 5.75 Å². The van der Waals surface area contributed by atoms with E-state index in [1.165, 1.54) is 11.8 Å². The van der Waals surface area contributed by atoms with Crippen molar-refractivity contribution in [3.8, 4) is 22.8 Å². The Morgan fingerprint density at radius 3 is 2.50 bits per heavy atom.